The highest BCUT2D eigenvalue weighted by Crippen LogP contribution is 2.33. The van der Waals surface area contributed by atoms with Crippen molar-refractivity contribution in [3.63, 3.8) is 0 Å². The maximum absolute atomic E-state index is 12.6. The molecular weight excluding hydrogens is 303 g/mol. The van der Waals surface area contributed by atoms with Crippen molar-refractivity contribution < 1.29 is 18.0 Å². The van der Waals surface area contributed by atoms with Gasteiger partial charge >= 0.3 is 6.18 Å². The van der Waals surface area contributed by atoms with Crippen molar-refractivity contribution in [2.75, 3.05) is 11.9 Å². The molecule has 0 aliphatic heterocycles. The molecule has 1 saturated carbocycles. The molecule has 8 heteroatoms. The number of amides is 1. The zero-order valence-corrected chi connectivity index (χ0v) is 11.6. The van der Waals surface area contributed by atoms with E-state index in [2.05, 4.69) is 15.6 Å². The van der Waals surface area contributed by atoms with Crippen LogP contribution in [0.1, 0.15) is 18.4 Å². The summed E-state index contributed by atoms with van der Waals surface area (Å²) in [5, 5.41) is 6.09. The van der Waals surface area contributed by atoms with Gasteiger partial charge in [0.05, 0.1) is 22.3 Å². The highest BCUT2D eigenvalue weighted by Gasteiger charge is 2.30. The number of anilines is 1. The first-order valence-electron chi connectivity index (χ1n) is 6.43. The Morgan fingerprint density at radius 2 is 2.14 bits per heavy atom. The van der Waals surface area contributed by atoms with Crippen LogP contribution in [-0.2, 0) is 11.0 Å². The van der Waals surface area contributed by atoms with Crippen LogP contribution < -0.4 is 10.6 Å². The van der Waals surface area contributed by atoms with Crippen molar-refractivity contribution in [2.45, 2.75) is 25.1 Å². The Kier molecular flexibility index (Phi) is 3.48. The third kappa shape index (κ3) is 3.44. The monoisotopic (exact) mass is 315 g/mol. The molecule has 4 nitrogen and oxygen atoms in total. The van der Waals surface area contributed by atoms with E-state index >= 15 is 0 Å². The van der Waals surface area contributed by atoms with Crippen LogP contribution in [0.4, 0.5) is 18.3 Å². The molecule has 1 aromatic heterocycles. The van der Waals surface area contributed by atoms with Crippen molar-refractivity contribution in [3.05, 3.63) is 23.8 Å². The fourth-order valence-electron chi connectivity index (χ4n) is 1.84. The number of fused-ring (bicyclic) bond motifs is 1. The van der Waals surface area contributed by atoms with E-state index in [0.29, 0.717) is 9.83 Å². The molecule has 1 heterocycles. The lowest BCUT2D eigenvalue weighted by atomic mass is 10.2. The Morgan fingerprint density at radius 3 is 2.81 bits per heavy atom. The van der Waals surface area contributed by atoms with Crippen molar-refractivity contribution in [1.29, 1.82) is 0 Å². The molecule has 0 unspecified atom stereocenters. The van der Waals surface area contributed by atoms with Gasteiger partial charge in [-0.15, -0.1) is 0 Å². The quantitative estimate of drug-likeness (QED) is 0.912. The number of nitrogens with one attached hydrogen (secondary N) is 2. The summed E-state index contributed by atoms with van der Waals surface area (Å²) in [6.45, 7) is 0.0719. The molecule has 2 N–H and O–H groups in total. The Hall–Kier alpha value is -1.83. The average molecular weight is 315 g/mol. The summed E-state index contributed by atoms with van der Waals surface area (Å²) >= 11 is 1.22. The number of carbonyl (C=O) groups excluding carboxylic acids is 1. The van der Waals surface area contributed by atoms with E-state index in [1.54, 1.807) is 0 Å². The van der Waals surface area contributed by atoms with Crippen molar-refractivity contribution in [3.8, 4) is 0 Å². The molecule has 2 aromatic rings. The van der Waals surface area contributed by atoms with Gasteiger partial charge in [0.25, 0.3) is 0 Å². The Labute approximate surface area is 122 Å². The molecule has 1 aliphatic carbocycles. The SMILES string of the molecule is O=C(CNc1nc2cc(C(F)(F)F)ccc2s1)NC1CC1. The van der Waals surface area contributed by atoms with Crippen LogP contribution >= 0.6 is 11.3 Å². The van der Waals surface area contributed by atoms with Crippen molar-refractivity contribution in [2.24, 2.45) is 0 Å². The van der Waals surface area contributed by atoms with Crippen LogP contribution in [-0.4, -0.2) is 23.5 Å². The smallest absolute Gasteiger partial charge is 0.352 e. The predicted octanol–water partition coefficient (Wildman–Crippen LogP) is 3.01. The summed E-state index contributed by atoms with van der Waals surface area (Å²) in [6, 6.07) is 3.72. The first-order chi connectivity index (χ1) is 9.91. The fourth-order valence-corrected chi connectivity index (χ4v) is 2.68. The van der Waals surface area contributed by atoms with Gasteiger partial charge in [-0.2, -0.15) is 13.2 Å². The summed E-state index contributed by atoms with van der Waals surface area (Å²) in [5.41, 5.74) is -0.446. The third-order valence-corrected chi connectivity index (χ3v) is 4.05. The molecule has 0 spiro atoms. The van der Waals surface area contributed by atoms with E-state index in [1.165, 1.54) is 17.4 Å². The standard InChI is InChI=1S/C13H12F3N3OS/c14-13(15,16)7-1-4-10-9(5-7)19-12(21-10)17-6-11(20)18-8-2-3-8/h1,4-5,8H,2-3,6H2,(H,17,19)(H,18,20). The summed E-state index contributed by atoms with van der Waals surface area (Å²) in [4.78, 5) is 15.6. The third-order valence-electron chi connectivity index (χ3n) is 3.06. The molecule has 0 radical (unpaired) electrons. The van der Waals surface area contributed by atoms with Crippen LogP contribution in [0.2, 0.25) is 0 Å². The molecule has 0 atom stereocenters. The Bertz CT molecular complexity index is 679. The van der Waals surface area contributed by atoms with E-state index < -0.39 is 11.7 Å². The van der Waals surface area contributed by atoms with Gasteiger partial charge in [0, 0.05) is 6.04 Å². The van der Waals surface area contributed by atoms with Crippen LogP contribution in [0.3, 0.4) is 0 Å². The van der Waals surface area contributed by atoms with E-state index in [1.807, 2.05) is 0 Å². The average Bonchev–Trinajstić information content (AvgIpc) is 3.11. The maximum atomic E-state index is 12.6. The lowest BCUT2D eigenvalue weighted by Crippen LogP contribution is -2.31. The van der Waals surface area contributed by atoms with Crippen LogP contribution in [0, 0.1) is 0 Å². The highest BCUT2D eigenvalue weighted by atomic mass is 32.1. The zero-order valence-electron chi connectivity index (χ0n) is 10.8. The molecular formula is C13H12F3N3OS. The summed E-state index contributed by atoms with van der Waals surface area (Å²) < 4.78 is 38.5. The Balaban J connectivity index is 1.70. The van der Waals surface area contributed by atoms with Crippen molar-refractivity contribution in [1.82, 2.24) is 10.3 Å². The van der Waals surface area contributed by atoms with Gasteiger partial charge in [-0.3, -0.25) is 4.79 Å². The minimum absolute atomic E-state index is 0.0719. The number of halogens is 3. The van der Waals surface area contributed by atoms with Gasteiger partial charge in [-0.05, 0) is 31.0 Å². The zero-order chi connectivity index (χ0) is 15.0. The molecule has 112 valence electrons. The van der Waals surface area contributed by atoms with Gasteiger partial charge in [0.1, 0.15) is 0 Å². The number of rotatable bonds is 4. The normalized spacial score (nSPS) is 15.2. The number of benzene rings is 1. The van der Waals surface area contributed by atoms with E-state index in [4.69, 9.17) is 0 Å². The summed E-state index contributed by atoms with van der Waals surface area (Å²) in [7, 11) is 0. The molecule has 1 amide bonds. The molecule has 3 rings (SSSR count). The highest BCUT2D eigenvalue weighted by molar-refractivity contribution is 7.22. The summed E-state index contributed by atoms with van der Waals surface area (Å²) in [6.07, 6.45) is -2.37. The van der Waals surface area contributed by atoms with Gasteiger partial charge in [-0.1, -0.05) is 11.3 Å². The lowest BCUT2D eigenvalue weighted by Gasteiger charge is -2.04. The largest absolute Gasteiger partial charge is 0.416 e. The van der Waals surface area contributed by atoms with Gasteiger partial charge in [-0.25, -0.2) is 4.98 Å². The first kappa shape index (κ1) is 14.1. The number of aromatic nitrogens is 1. The second-order valence-electron chi connectivity index (χ2n) is 4.89. The molecule has 0 bridgehead atoms. The van der Waals surface area contributed by atoms with Gasteiger partial charge < -0.3 is 10.6 Å². The van der Waals surface area contributed by atoms with Crippen LogP contribution in [0.5, 0.6) is 0 Å². The first-order valence-corrected chi connectivity index (χ1v) is 7.24. The molecule has 0 saturated heterocycles. The minimum Gasteiger partial charge on any atom is -0.352 e. The molecule has 1 aliphatic rings. The molecule has 1 fully saturated rings. The number of hydrogen-bond donors (Lipinski definition) is 2. The Morgan fingerprint density at radius 1 is 1.38 bits per heavy atom. The van der Waals surface area contributed by atoms with Crippen LogP contribution in [0.15, 0.2) is 18.2 Å². The second kappa shape index (κ2) is 5.18. The summed E-state index contributed by atoms with van der Waals surface area (Å²) in [5.74, 6) is -0.132. The van der Waals surface area contributed by atoms with Crippen LogP contribution in [0.25, 0.3) is 10.2 Å². The van der Waals surface area contributed by atoms with E-state index in [0.717, 1.165) is 25.0 Å². The number of hydrogen-bond acceptors (Lipinski definition) is 4. The minimum atomic E-state index is -4.38. The lowest BCUT2D eigenvalue weighted by molar-refractivity contribution is -0.137. The van der Waals surface area contributed by atoms with Gasteiger partial charge in [0.2, 0.25) is 5.91 Å². The topological polar surface area (TPSA) is 54.0 Å². The predicted molar refractivity (Wildman–Crippen MR) is 74.3 cm³/mol. The van der Waals surface area contributed by atoms with E-state index in [9.17, 15) is 18.0 Å². The number of alkyl halides is 3. The van der Waals surface area contributed by atoms with Crippen molar-refractivity contribution >= 4 is 32.6 Å². The number of carbonyl (C=O) groups is 1. The molecule has 21 heavy (non-hydrogen) atoms. The second-order valence-corrected chi connectivity index (χ2v) is 5.93. The number of thiazole rings is 1. The van der Waals surface area contributed by atoms with E-state index in [-0.39, 0.29) is 24.0 Å². The maximum Gasteiger partial charge on any atom is 0.416 e. The van der Waals surface area contributed by atoms with Gasteiger partial charge in [0.15, 0.2) is 5.13 Å². The number of nitrogens with zero attached hydrogens (tertiary/aromatic N) is 1. The molecule has 1 aromatic carbocycles. The fraction of sp³-hybridized carbons (Fsp3) is 0.385.